The van der Waals surface area contributed by atoms with Crippen LogP contribution in [0.1, 0.15) is 24.8 Å². The molecule has 1 atom stereocenters. The highest BCUT2D eigenvalue weighted by molar-refractivity contribution is 5.51. The molecule has 2 aliphatic heterocycles. The van der Waals surface area contributed by atoms with Gasteiger partial charge in [0.2, 0.25) is 17.8 Å². The van der Waals surface area contributed by atoms with Crippen LogP contribution in [0.4, 0.5) is 23.5 Å². The molecule has 12 heteroatoms. The van der Waals surface area contributed by atoms with E-state index in [2.05, 4.69) is 62.3 Å². The molecule has 3 aromatic heterocycles. The number of rotatable bonds is 7. The van der Waals surface area contributed by atoms with E-state index >= 15 is 0 Å². The lowest BCUT2D eigenvalue weighted by molar-refractivity contribution is 0.0205. The minimum atomic E-state index is 0.234. The third kappa shape index (κ3) is 6.31. The highest BCUT2D eigenvalue weighted by atomic mass is 16.5. The molecular formula is C25H31N11O. The van der Waals surface area contributed by atoms with Crippen molar-refractivity contribution in [3.05, 3.63) is 36.7 Å². The van der Waals surface area contributed by atoms with Crippen LogP contribution in [0, 0.1) is 17.8 Å². The summed E-state index contributed by atoms with van der Waals surface area (Å²) in [7, 11) is 0. The van der Waals surface area contributed by atoms with E-state index in [-0.39, 0.29) is 6.10 Å². The van der Waals surface area contributed by atoms with E-state index in [1.807, 2.05) is 23.3 Å². The maximum Gasteiger partial charge on any atom is 0.232 e. The number of aromatic nitrogens is 7. The standard InChI is InChI=1S/C25H31N11O/c1-2-19(1)3-4-20-13-27-24(28-14-20)34-8-10-35(11-9-34)25-30-18-29-23(33-25)32-21-15-31-36(17-21)7-5-22-16-26-6-12-37-22/h13-15,17-19,22,26H,1-2,5-12,16H2,(H,29,30,32,33)/t22-/m1/s1. The molecular weight excluding hydrogens is 470 g/mol. The fraction of sp³-hybridized carbons (Fsp3) is 0.520. The van der Waals surface area contributed by atoms with Gasteiger partial charge < -0.3 is 25.2 Å². The zero-order chi connectivity index (χ0) is 24.9. The SMILES string of the molecule is C(#CC1CC1)c1cnc(N2CCN(c3ncnc(Nc4cnn(CC[C@@H]5CNCCO5)c4)n3)CC2)nc1. The van der Waals surface area contributed by atoms with Crippen molar-refractivity contribution in [2.45, 2.75) is 31.9 Å². The van der Waals surface area contributed by atoms with E-state index in [4.69, 9.17) is 4.74 Å². The van der Waals surface area contributed by atoms with Crippen LogP contribution in [0.3, 0.4) is 0 Å². The summed E-state index contributed by atoms with van der Waals surface area (Å²) >= 11 is 0. The van der Waals surface area contributed by atoms with Gasteiger partial charge in [-0.1, -0.05) is 11.8 Å². The van der Waals surface area contributed by atoms with Crippen LogP contribution in [0.25, 0.3) is 0 Å². The van der Waals surface area contributed by atoms with Gasteiger partial charge in [0, 0.05) is 70.3 Å². The summed E-state index contributed by atoms with van der Waals surface area (Å²) in [4.78, 5) is 26.7. The smallest absolute Gasteiger partial charge is 0.232 e. The van der Waals surface area contributed by atoms with Crippen LogP contribution in [-0.4, -0.2) is 86.7 Å². The van der Waals surface area contributed by atoms with Gasteiger partial charge in [0.1, 0.15) is 6.33 Å². The average molecular weight is 502 g/mol. The highest BCUT2D eigenvalue weighted by Gasteiger charge is 2.22. The Labute approximate surface area is 215 Å². The van der Waals surface area contributed by atoms with Gasteiger partial charge in [0.05, 0.1) is 30.2 Å². The van der Waals surface area contributed by atoms with Crippen LogP contribution in [0.15, 0.2) is 31.1 Å². The molecule has 3 aromatic rings. The first-order valence-electron chi connectivity index (χ1n) is 12.9. The molecule has 12 nitrogen and oxygen atoms in total. The molecule has 1 saturated carbocycles. The Morgan fingerprint density at radius 3 is 2.57 bits per heavy atom. The van der Waals surface area contributed by atoms with Crippen molar-refractivity contribution in [1.82, 2.24) is 40.0 Å². The Bertz CT molecular complexity index is 1230. The lowest BCUT2D eigenvalue weighted by Gasteiger charge is -2.34. The molecule has 6 rings (SSSR count). The van der Waals surface area contributed by atoms with Gasteiger partial charge in [-0.05, 0) is 19.3 Å². The molecule has 0 spiro atoms. The molecule has 0 bridgehead atoms. The lowest BCUT2D eigenvalue weighted by Crippen LogP contribution is -2.47. The first-order valence-corrected chi connectivity index (χ1v) is 12.9. The Balaban J connectivity index is 1.00. The molecule has 0 radical (unpaired) electrons. The summed E-state index contributed by atoms with van der Waals surface area (Å²) in [5.41, 5.74) is 1.72. The number of hydrogen-bond donors (Lipinski definition) is 2. The molecule has 0 aromatic carbocycles. The fourth-order valence-corrected chi connectivity index (χ4v) is 4.33. The van der Waals surface area contributed by atoms with Gasteiger partial charge in [0.25, 0.3) is 0 Å². The summed E-state index contributed by atoms with van der Waals surface area (Å²) in [5.74, 6) is 8.87. The number of nitrogens with zero attached hydrogens (tertiary/aromatic N) is 9. The van der Waals surface area contributed by atoms with E-state index in [9.17, 15) is 0 Å². The van der Waals surface area contributed by atoms with E-state index in [1.165, 1.54) is 12.8 Å². The van der Waals surface area contributed by atoms with Gasteiger partial charge in [0.15, 0.2) is 0 Å². The van der Waals surface area contributed by atoms with Crippen LogP contribution in [0.2, 0.25) is 0 Å². The van der Waals surface area contributed by atoms with E-state index < -0.39 is 0 Å². The minimum absolute atomic E-state index is 0.234. The minimum Gasteiger partial charge on any atom is -0.376 e. The molecule has 2 N–H and O–H groups in total. The zero-order valence-corrected chi connectivity index (χ0v) is 20.8. The van der Waals surface area contributed by atoms with Crippen molar-refractivity contribution in [2.24, 2.45) is 5.92 Å². The predicted molar refractivity (Wildman–Crippen MR) is 139 cm³/mol. The molecule has 1 aliphatic carbocycles. The molecule has 0 unspecified atom stereocenters. The Kier molecular flexibility index (Phi) is 7.05. The summed E-state index contributed by atoms with van der Waals surface area (Å²) in [5, 5.41) is 11.0. The normalized spacial score (nSPS) is 19.8. The molecule has 0 amide bonds. The number of aryl methyl sites for hydroxylation is 1. The predicted octanol–water partition coefficient (Wildman–Crippen LogP) is 1.07. The van der Waals surface area contributed by atoms with E-state index in [0.717, 1.165) is 76.0 Å². The number of ether oxygens (including phenoxy) is 1. The second-order valence-electron chi connectivity index (χ2n) is 9.50. The lowest BCUT2D eigenvalue weighted by atomic mass is 10.2. The largest absolute Gasteiger partial charge is 0.376 e. The maximum absolute atomic E-state index is 5.76. The third-order valence-corrected chi connectivity index (χ3v) is 6.61. The van der Waals surface area contributed by atoms with Crippen LogP contribution < -0.4 is 20.4 Å². The van der Waals surface area contributed by atoms with Gasteiger partial charge in [-0.15, -0.1) is 0 Å². The Morgan fingerprint density at radius 1 is 1.00 bits per heavy atom. The van der Waals surface area contributed by atoms with Crippen molar-refractivity contribution in [2.75, 3.05) is 61.0 Å². The summed E-state index contributed by atoms with van der Waals surface area (Å²) in [6.45, 7) is 6.49. The fourth-order valence-electron chi connectivity index (χ4n) is 4.33. The Hall–Kier alpha value is -3.82. The van der Waals surface area contributed by atoms with Gasteiger partial charge >= 0.3 is 0 Å². The van der Waals surface area contributed by atoms with Gasteiger partial charge in [-0.2, -0.15) is 10.1 Å². The number of morpholine rings is 1. The summed E-state index contributed by atoms with van der Waals surface area (Å²) < 4.78 is 7.67. The Morgan fingerprint density at radius 2 is 1.81 bits per heavy atom. The van der Waals surface area contributed by atoms with Crippen LogP contribution in [-0.2, 0) is 11.3 Å². The maximum atomic E-state index is 5.76. The van der Waals surface area contributed by atoms with Gasteiger partial charge in [-0.3, -0.25) is 4.68 Å². The topological polar surface area (TPSA) is 122 Å². The quantitative estimate of drug-likeness (QED) is 0.452. The van der Waals surface area contributed by atoms with Crippen molar-refractivity contribution < 1.29 is 4.74 Å². The third-order valence-electron chi connectivity index (χ3n) is 6.61. The van der Waals surface area contributed by atoms with E-state index in [1.54, 1.807) is 12.5 Å². The molecule has 3 fully saturated rings. The second-order valence-corrected chi connectivity index (χ2v) is 9.50. The molecule has 2 saturated heterocycles. The molecule has 37 heavy (non-hydrogen) atoms. The summed E-state index contributed by atoms with van der Waals surface area (Å²) in [6, 6.07) is 0. The van der Waals surface area contributed by atoms with Crippen LogP contribution in [0.5, 0.6) is 0 Å². The van der Waals surface area contributed by atoms with Crippen molar-refractivity contribution >= 4 is 23.5 Å². The highest BCUT2D eigenvalue weighted by Crippen LogP contribution is 2.27. The second kappa shape index (κ2) is 11.1. The molecule has 3 aliphatic rings. The number of piperazine rings is 1. The monoisotopic (exact) mass is 501 g/mol. The van der Waals surface area contributed by atoms with Crippen molar-refractivity contribution in [3.8, 4) is 11.8 Å². The van der Waals surface area contributed by atoms with Crippen molar-refractivity contribution in [1.29, 1.82) is 0 Å². The molecule has 5 heterocycles. The first kappa shape index (κ1) is 23.6. The number of anilines is 4. The van der Waals surface area contributed by atoms with Gasteiger partial charge in [-0.25, -0.2) is 19.9 Å². The van der Waals surface area contributed by atoms with E-state index in [0.29, 0.717) is 17.8 Å². The zero-order valence-electron chi connectivity index (χ0n) is 20.8. The number of nitrogens with one attached hydrogen (secondary N) is 2. The summed E-state index contributed by atoms with van der Waals surface area (Å²) in [6.07, 6.45) is 12.5. The van der Waals surface area contributed by atoms with Crippen LogP contribution >= 0.6 is 0 Å². The number of hydrogen-bond acceptors (Lipinski definition) is 11. The molecule has 192 valence electrons. The first-order chi connectivity index (χ1) is 18.3. The average Bonchev–Trinajstić information content (AvgIpc) is 3.69. The van der Waals surface area contributed by atoms with Crippen molar-refractivity contribution in [3.63, 3.8) is 0 Å².